The Bertz CT molecular complexity index is 1450. The number of benzene rings is 1. The topological polar surface area (TPSA) is 136 Å². The van der Waals surface area contributed by atoms with Crippen molar-refractivity contribution < 1.29 is 9.84 Å². The molecule has 9 nitrogen and oxygen atoms in total. The van der Waals surface area contributed by atoms with Crippen molar-refractivity contribution in [3.63, 3.8) is 0 Å². The van der Waals surface area contributed by atoms with E-state index in [-0.39, 0.29) is 17.8 Å². The quantitative estimate of drug-likeness (QED) is 0.230. The molecular formula is C27H31N7O2. The number of phenolic OH excluding ortho intramolecular Hbond substituents is 1. The fraction of sp³-hybridized carbons (Fsp3) is 0.296. The zero-order valence-corrected chi connectivity index (χ0v) is 20.7. The van der Waals surface area contributed by atoms with Crippen LogP contribution < -0.4 is 21.5 Å². The molecule has 0 aliphatic heterocycles. The van der Waals surface area contributed by atoms with Crippen molar-refractivity contribution in [2.24, 2.45) is 16.5 Å². The Kier molecular flexibility index (Phi) is 6.24. The van der Waals surface area contributed by atoms with E-state index in [1.165, 1.54) is 0 Å². The number of phenols is 1. The van der Waals surface area contributed by atoms with Crippen LogP contribution in [-0.4, -0.2) is 44.7 Å². The molecule has 0 atom stereocenters. The second kappa shape index (κ2) is 9.50. The first kappa shape index (κ1) is 23.6. The number of nitrogens with one attached hydrogen (secondary N) is 1. The number of aromatic nitrogens is 3. The third-order valence-corrected chi connectivity index (χ3v) is 6.73. The van der Waals surface area contributed by atoms with E-state index >= 15 is 0 Å². The summed E-state index contributed by atoms with van der Waals surface area (Å²) in [4.78, 5) is 9.10. The van der Waals surface area contributed by atoms with Crippen LogP contribution in [0.25, 0.3) is 16.6 Å². The van der Waals surface area contributed by atoms with E-state index in [0.29, 0.717) is 17.3 Å². The minimum Gasteiger partial charge on any atom is -0.508 e. The third kappa shape index (κ3) is 4.45. The minimum atomic E-state index is 0.203. The summed E-state index contributed by atoms with van der Waals surface area (Å²) in [6.07, 6.45) is 8.03. The van der Waals surface area contributed by atoms with Crippen molar-refractivity contribution in [2.75, 3.05) is 12.4 Å². The summed E-state index contributed by atoms with van der Waals surface area (Å²) in [6.45, 7) is 4.05. The lowest BCUT2D eigenvalue weighted by Gasteiger charge is -2.34. The van der Waals surface area contributed by atoms with Crippen LogP contribution in [0.4, 0.5) is 11.4 Å². The molecule has 0 amide bonds. The standard InChI is InChI=1S/C27H31N7O2/c1-4-16-8-20(35)5-6-23(16)33-27(29)22-13-31-34-14-17(21-12-30-25(36-3)7-15(21)2)9-24(34)26(22)32-19-10-18(28)11-19/h5-9,12-14,18-19,32,35H,4,10-11,28H2,1-3H3,(H2,29,33)/t18-,19-. The first-order valence-corrected chi connectivity index (χ1v) is 12.1. The zero-order chi connectivity index (χ0) is 25.4. The number of ether oxygens (including phenoxy) is 1. The van der Waals surface area contributed by atoms with Crippen molar-refractivity contribution >= 4 is 22.7 Å². The normalized spacial score (nSPS) is 17.7. The lowest BCUT2D eigenvalue weighted by Crippen LogP contribution is -2.44. The molecule has 6 N–H and O–H groups in total. The largest absolute Gasteiger partial charge is 0.508 e. The van der Waals surface area contributed by atoms with Gasteiger partial charge in [0.15, 0.2) is 0 Å². The average Bonchev–Trinajstić information content (AvgIpc) is 3.28. The molecule has 1 fully saturated rings. The number of rotatable bonds is 7. The van der Waals surface area contributed by atoms with Crippen molar-refractivity contribution in [1.82, 2.24) is 14.6 Å². The predicted molar refractivity (Wildman–Crippen MR) is 142 cm³/mol. The number of fused-ring (bicyclic) bond motifs is 1. The first-order valence-electron chi connectivity index (χ1n) is 12.1. The molecule has 4 aromatic rings. The molecule has 5 rings (SSSR count). The van der Waals surface area contributed by atoms with Gasteiger partial charge in [-0.3, -0.25) is 0 Å². The molecule has 0 saturated heterocycles. The van der Waals surface area contributed by atoms with Crippen molar-refractivity contribution in [1.29, 1.82) is 0 Å². The monoisotopic (exact) mass is 485 g/mol. The highest BCUT2D eigenvalue weighted by atomic mass is 16.5. The highest BCUT2D eigenvalue weighted by molar-refractivity contribution is 6.06. The molecule has 0 radical (unpaired) electrons. The van der Waals surface area contributed by atoms with Gasteiger partial charge in [0.1, 0.15) is 11.6 Å². The maximum atomic E-state index is 9.86. The van der Waals surface area contributed by atoms with Gasteiger partial charge in [0.2, 0.25) is 5.88 Å². The molecule has 1 aromatic carbocycles. The highest BCUT2D eigenvalue weighted by Gasteiger charge is 2.28. The molecule has 1 aliphatic rings. The smallest absolute Gasteiger partial charge is 0.213 e. The van der Waals surface area contributed by atoms with Crippen LogP contribution in [-0.2, 0) is 6.42 Å². The van der Waals surface area contributed by atoms with Crippen molar-refractivity contribution in [3.05, 3.63) is 65.6 Å². The maximum absolute atomic E-state index is 9.86. The van der Waals surface area contributed by atoms with Crippen LogP contribution in [0.1, 0.15) is 36.5 Å². The molecule has 36 heavy (non-hydrogen) atoms. The van der Waals surface area contributed by atoms with Gasteiger partial charge in [0.25, 0.3) is 0 Å². The molecular weight excluding hydrogens is 454 g/mol. The number of anilines is 1. The number of aromatic hydroxyl groups is 1. The van der Waals surface area contributed by atoms with E-state index in [9.17, 15) is 5.11 Å². The predicted octanol–water partition coefficient (Wildman–Crippen LogP) is 3.92. The van der Waals surface area contributed by atoms with Crippen LogP contribution in [0.2, 0.25) is 0 Å². The minimum absolute atomic E-state index is 0.203. The Morgan fingerprint density at radius 3 is 2.75 bits per heavy atom. The Morgan fingerprint density at radius 2 is 2.06 bits per heavy atom. The van der Waals surface area contributed by atoms with Gasteiger partial charge in [-0.15, -0.1) is 0 Å². The highest BCUT2D eigenvalue weighted by Crippen LogP contribution is 2.34. The summed E-state index contributed by atoms with van der Waals surface area (Å²) in [5.74, 6) is 1.13. The SMILES string of the molecule is CCc1cc(O)ccc1N=C(N)c1cnn2cc(-c3cnc(OC)cc3C)cc2c1N[C@H]1C[C@H](N)C1. The van der Waals surface area contributed by atoms with Gasteiger partial charge < -0.3 is 26.6 Å². The number of aliphatic imine (C=N–C) groups is 1. The first-order chi connectivity index (χ1) is 17.4. The average molecular weight is 486 g/mol. The molecule has 0 unspecified atom stereocenters. The van der Waals surface area contributed by atoms with E-state index < -0.39 is 0 Å². The van der Waals surface area contributed by atoms with Crippen molar-refractivity contribution in [2.45, 2.75) is 45.2 Å². The lowest BCUT2D eigenvalue weighted by atomic mass is 9.87. The number of hydrogen-bond donors (Lipinski definition) is 4. The molecule has 1 aliphatic carbocycles. The Morgan fingerprint density at radius 1 is 1.25 bits per heavy atom. The molecule has 3 aromatic heterocycles. The van der Waals surface area contributed by atoms with E-state index in [1.807, 2.05) is 36.8 Å². The van der Waals surface area contributed by atoms with Gasteiger partial charge in [-0.1, -0.05) is 6.92 Å². The molecule has 9 heteroatoms. The van der Waals surface area contributed by atoms with Gasteiger partial charge in [-0.2, -0.15) is 5.10 Å². The summed E-state index contributed by atoms with van der Waals surface area (Å²) < 4.78 is 7.10. The molecule has 1 saturated carbocycles. The Hall–Kier alpha value is -4.11. The fourth-order valence-corrected chi connectivity index (χ4v) is 4.63. The second-order valence-corrected chi connectivity index (χ2v) is 9.27. The van der Waals surface area contributed by atoms with E-state index in [4.69, 9.17) is 21.2 Å². The zero-order valence-electron chi connectivity index (χ0n) is 20.7. The van der Waals surface area contributed by atoms with Gasteiger partial charge in [0, 0.05) is 41.7 Å². The Balaban J connectivity index is 1.61. The van der Waals surface area contributed by atoms with Gasteiger partial charge in [0.05, 0.1) is 35.8 Å². The summed E-state index contributed by atoms with van der Waals surface area (Å²) in [6, 6.07) is 9.56. The summed E-state index contributed by atoms with van der Waals surface area (Å²) in [5.41, 5.74) is 19.8. The number of nitrogens with zero attached hydrogens (tertiary/aromatic N) is 4. The van der Waals surface area contributed by atoms with Crippen molar-refractivity contribution in [3.8, 4) is 22.8 Å². The molecule has 186 valence electrons. The number of methoxy groups -OCH3 is 1. The van der Waals surface area contributed by atoms with Crippen LogP contribution >= 0.6 is 0 Å². The van der Waals surface area contributed by atoms with Crippen LogP contribution in [0, 0.1) is 6.92 Å². The van der Waals surface area contributed by atoms with E-state index in [0.717, 1.165) is 58.4 Å². The number of nitrogens with two attached hydrogens (primary N) is 2. The molecule has 0 bridgehead atoms. The van der Waals surface area contributed by atoms with Crippen LogP contribution in [0.15, 0.2) is 53.9 Å². The lowest BCUT2D eigenvalue weighted by molar-refractivity contribution is 0.374. The third-order valence-electron chi connectivity index (χ3n) is 6.73. The van der Waals surface area contributed by atoms with Gasteiger partial charge in [-0.05, 0) is 61.6 Å². The summed E-state index contributed by atoms with van der Waals surface area (Å²) in [7, 11) is 1.61. The number of aryl methyl sites for hydroxylation is 2. The Labute approximate surface area is 209 Å². The molecule has 3 heterocycles. The summed E-state index contributed by atoms with van der Waals surface area (Å²) >= 11 is 0. The van der Waals surface area contributed by atoms with Gasteiger partial charge in [-0.25, -0.2) is 14.5 Å². The van der Waals surface area contributed by atoms with Gasteiger partial charge >= 0.3 is 0 Å². The summed E-state index contributed by atoms with van der Waals surface area (Å²) in [5, 5.41) is 18.1. The number of pyridine rings is 1. The number of amidine groups is 1. The van der Waals surface area contributed by atoms with Crippen LogP contribution in [0.5, 0.6) is 11.6 Å². The van der Waals surface area contributed by atoms with E-state index in [2.05, 4.69) is 21.5 Å². The fourth-order valence-electron chi connectivity index (χ4n) is 4.63. The van der Waals surface area contributed by atoms with Crippen LogP contribution in [0.3, 0.4) is 0 Å². The maximum Gasteiger partial charge on any atom is 0.213 e. The number of hydrogen-bond acceptors (Lipinski definition) is 7. The molecule has 0 spiro atoms. The second-order valence-electron chi connectivity index (χ2n) is 9.27. The van der Waals surface area contributed by atoms with E-state index in [1.54, 1.807) is 31.5 Å².